The van der Waals surface area contributed by atoms with Crippen molar-refractivity contribution in [3.05, 3.63) is 70.8 Å². The number of piperazine rings is 1. The molecule has 0 saturated carbocycles. The smallest absolute Gasteiger partial charge is 0.283 e. The molecule has 3 aliphatic heterocycles. The van der Waals surface area contributed by atoms with Gasteiger partial charge in [-0.05, 0) is 56.1 Å². The molecule has 0 spiro atoms. The van der Waals surface area contributed by atoms with E-state index in [9.17, 15) is 22.4 Å². The van der Waals surface area contributed by atoms with Crippen LogP contribution in [-0.2, 0) is 18.1 Å². The standard InChI is InChI=1S/C30H39F4N5OP.Al/c1-29(31,32)24-16-23(17-25(18-24)30(33,34)41)28(40)39-11-9-27(21-38(39)20-22-6-3-2-4-7-22)37-14-12-36(13-15-37)26-8-5-10-35-19-26;/h2-4,6-7,16-18,26-27H,5,8-15,19-21,41H2,1H3;/q-1;+1. The number of halogens is 4. The number of piperidine rings is 1. The van der Waals surface area contributed by atoms with E-state index in [0.29, 0.717) is 32.6 Å². The first-order valence-corrected chi connectivity index (χ1v) is 15.8. The van der Waals surface area contributed by atoms with Gasteiger partial charge in [-0.2, -0.15) is 8.78 Å². The van der Waals surface area contributed by atoms with Crippen LogP contribution in [0.15, 0.2) is 48.5 Å². The fourth-order valence-corrected chi connectivity index (χ4v) is 7.01. The Morgan fingerprint density at radius 1 is 0.881 bits per heavy atom. The second kappa shape index (κ2) is 13.2. The third-order valence-electron chi connectivity index (χ3n) is 8.76. The first kappa shape index (κ1) is 31.8. The quantitative estimate of drug-likeness (QED) is 0.259. The molecule has 1 amide bonds. The van der Waals surface area contributed by atoms with Gasteiger partial charge in [-0.15, -0.1) is 0 Å². The molecular weight excluding hydrogens is 580 g/mol. The Kier molecular flexibility index (Phi) is 10.0. The fraction of sp³-hybridized carbons (Fsp3) is 0.567. The summed E-state index contributed by atoms with van der Waals surface area (Å²) in [5.41, 5.74) is -3.82. The zero-order valence-electron chi connectivity index (χ0n) is 24.1. The molecule has 2 aromatic rings. The van der Waals surface area contributed by atoms with Crippen molar-refractivity contribution in [1.29, 1.82) is 0 Å². The fourth-order valence-electron chi connectivity index (χ4n) is 6.41. The minimum atomic E-state index is -3.44. The highest BCUT2D eigenvalue weighted by atomic mass is 31.0. The molecule has 226 valence electrons. The molecule has 3 atom stereocenters. The molecule has 0 N–H and O–H groups in total. The predicted molar refractivity (Wildman–Crippen MR) is 159 cm³/mol. The molecule has 42 heavy (non-hydrogen) atoms. The number of carbonyl (C=O) groups excluding carboxylic acids is 1. The molecule has 12 heteroatoms. The van der Waals surface area contributed by atoms with Crippen LogP contribution in [0.1, 0.15) is 53.2 Å². The second-order valence-corrected chi connectivity index (χ2v) is 13.3. The van der Waals surface area contributed by atoms with E-state index in [-0.39, 0.29) is 11.6 Å². The van der Waals surface area contributed by atoms with Gasteiger partial charge in [0.25, 0.3) is 34.0 Å². The van der Waals surface area contributed by atoms with Crippen LogP contribution in [-0.4, -0.2) is 111 Å². The molecule has 3 fully saturated rings. The van der Waals surface area contributed by atoms with E-state index < -0.39 is 28.6 Å². The number of hydrazine groups is 1. The number of hydrogen-bond donors (Lipinski definition) is 0. The molecule has 0 aromatic heterocycles. The summed E-state index contributed by atoms with van der Waals surface area (Å²) in [6.07, 6.45) is 3.16. The average molecular weight is 620 g/mol. The number of nitrogens with zero attached hydrogens (tertiary/aromatic N) is 5. The first-order chi connectivity index (χ1) is 19.9. The maximum absolute atomic E-state index is 14.3. The zero-order chi connectivity index (χ0) is 30.1. The van der Waals surface area contributed by atoms with Crippen LogP contribution in [0.3, 0.4) is 0 Å². The Labute approximate surface area is 256 Å². The Balaban J connectivity index is 1.34. The molecule has 2 radical (unpaired) electrons. The van der Waals surface area contributed by atoms with Crippen molar-refractivity contribution in [2.75, 3.05) is 52.4 Å². The van der Waals surface area contributed by atoms with Crippen molar-refractivity contribution >= 4 is 31.7 Å². The summed E-state index contributed by atoms with van der Waals surface area (Å²) >= 11 is 2.84. The highest BCUT2D eigenvalue weighted by Crippen LogP contribution is 2.39. The monoisotopic (exact) mass is 619 g/mol. The number of benzene rings is 2. The molecule has 2 aromatic carbocycles. The average Bonchev–Trinajstić information content (AvgIpc) is 2.96. The van der Waals surface area contributed by atoms with Crippen molar-refractivity contribution < 1.29 is 22.4 Å². The summed E-state index contributed by atoms with van der Waals surface area (Å²) in [7, 11) is 1.38. The maximum Gasteiger partial charge on any atom is 0.283 e. The molecule has 0 bridgehead atoms. The van der Waals surface area contributed by atoms with Crippen LogP contribution in [0.2, 0.25) is 0 Å². The van der Waals surface area contributed by atoms with Gasteiger partial charge >= 0.3 is 0 Å². The Morgan fingerprint density at radius 2 is 1.50 bits per heavy atom. The highest BCUT2D eigenvalue weighted by Gasteiger charge is 2.37. The topological polar surface area (TPSA) is 33.3 Å². The molecular formula is C30H39AlF4N5OP. The number of alkyl halides is 4. The van der Waals surface area contributed by atoms with Gasteiger partial charge < -0.3 is 3.88 Å². The summed E-state index contributed by atoms with van der Waals surface area (Å²) in [5.74, 6) is -3.92. The van der Waals surface area contributed by atoms with Crippen LogP contribution < -0.4 is 0 Å². The summed E-state index contributed by atoms with van der Waals surface area (Å²) in [6.45, 7) is 8.17. The van der Waals surface area contributed by atoms with Crippen molar-refractivity contribution in [3.63, 3.8) is 0 Å². The van der Waals surface area contributed by atoms with E-state index in [0.717, 1.165) is 69.5 Å². The number of carbonyl (C=O) groups is 1. The maximum atomic E-state index is 14.3. The minimum Gasteiger partial charge on any atom is -0.401 e. The number of rotatable bonds is 7. The van der Waals surface area contributed by atoms with Crippen LogP contribution in [0, 0.1) is 0 Å². The molecule has 5 rings (SSSR count). The predicted octanol–water partition coefficient (Wildman–Crippen LogP) is 4.52. The van der Waals surface area contributed by atoms with Gasteiger partial charge in [0.1, 0.15) is 0 Å². The lowest BCUT2D eigenvalue weighted by Crippen LogP contribution is -2.62. The lowest BCUT2D eigenvalue weighted by Gasteiger charge is -2.49. The van der Waals surface area contributed by atoms with Gasteiger partial charge in [0.2, 0.25) is 0 Å². The van der Waals surface area contributed by atoms with Gasteiger partial charge in [0.05, 0.1) is 0 Å². The molecule has 0 aliphatic carbocycles. The highest BCUT2D eigenvalue weighted by molar-refractivity contribution is 7.17. The van der Waals surface area contributed by atoms with E-state index in [2.05, 4.69) is 30.2 Å². The van der Waals surface area contributed by atoms with Crippen molar-refractivity contribution in [1.82, 2.24) is 23.7 Å². The van der Waals surface area contributed by atoms with Crippen LogP contribution in [0.5, 0.6) is 0 Å². The molecule has 3 heterocycles. The molecule has 3 unspecified atom stereocenters. The lowest BCUT2D eigenvalue weighted by molar-refractivity contribution is -0.0708. The number of amides is 1. The van der Waals surface area contributed by atoms with E-state index in [4.69, 9.17) is 0 Å². The largest absolute Gasteiger partial charge is 0.401 e. The van der Waals surface area contributed by atoms with Gasteiger partial charge in [-0.3, -0.25) is 19.6 Å². The Morgan fingerprint density at radius 3 is 2.10 bits per heavy atom. The number of hydrogen-bond acceptors (Lipinski definition) is 5. The van der Waals surface area contributed by atoms with Crippen molar-refractivity contribution in [2.24, 2.45) is 0 Å². The second-order valence-electron chi connectivity index (χ2n) is 11.9. The first-order valence-electron chi connectivity index (χ1n) is 14.7. The van der Waals surface area contributed by atoms with E-state index >= 15 is 0 Å². The molecule has 6 nitrogen and oxygen atoms in total. The SMILES string of the molecule is CC(F)(F)c1cc(C(=O)N2CCC(N3CCN(C4CCC[N]([Al])C4)CC3)CN2Cc2ccccc2)cc(C(F)(F)P)c1. The third-order valence-corrected chi connectivity index (χ3v) is 9.56. The summed E-state index contributed by atoms with van der Waals surface area (Å²) in [6, 6.07) is 13.4. The third kappa shape index (κ3) is 7.74. The summed E-state index contributed by atoms with van der Waals surface area (Å²) < 4.78 is 59.5. The summed E-state index contributed by atoms with van der Waals surface area (Å²) in [5, 5.41) is 3.52. The van der Waals surface area contributed by atoms with Crippen molar-refractivity contribution in [3.8, 4) is 0 Å². The normalized spacial score (nSPS) is 24.2. The summed E-state index contributed by atoms with van der Waals surface area (Å²) in [4.78, 5) is 19.0. The minimum absolute atomic E-state index is 0.160. The van der Waals surface area contributed by atoms with E-state index in [1.807, 2.05) is 35.3 Å². The lowest BCUT2D eigenvalue weighted by atomic mass is 10.0. The van der Waals surface area contributed by atoms with Crippen LogP contribution >= 0.6 is 9.24 Å². The van der Waals surface area contributed by atoms with Gasteiger partial charge in [0, 0.05) is 81.5 Å². The van der Waals surface area contributed by atoms with Gasteiger partial charge in [-0.25, -0.2) is 13.8 Å². The van der Waals surface area contributed by atoms with Gasteiger partial charge in [0.15, 0.2) is 0 Å². The molecule has 3 saturated heterocycles. The Hall–Kier alpha value is -1.57. The Bertz CT molecular complexity index is 1190. The van der Waals surface area contributed by atoms with E-state index in [1.54, 1.807) is 5.01 Å². The van der Waals surface area contributed by atoms with Crippen LogP contribution in [0.25, 0.3) is 0 Å². The van der Waals surface area contributed by atoms with Gasteiger partial charge in [-0.1, -0.05) is 39.6 Å². The van der Waals surface area contributed by atoms with Crippen molar-refractivity contribution in [2.45, 2.75) is 56.4 Å². The molecule has 3 aliphatic rings. The zero-order valence-corrected chi connectivity index (χ0v) is 26.4. The van der Waals surface area contributed by atoms with Crippen LogP contribution in [0.4, 0.5) is 17.6 Å². The van der Waals surface area contributed by atoms with E-state index in [1.165, 1.54) is 22.1 Å².